The number of hydrogen-bond donors (Lipinski definition) is 2. The van der Waals surface area contributed by atoms with Crippen LogP contribution in [0.2, 0.25) is 0 Å². The fourth-order valence-electron chi connectivity index (χ4n) is 2.20. The lowest BCUT2D eigenvalue weighted by atomic mass is 9.90. The number of rotatable bonds is 5. The predicted molar refractivity (Wildman–Crippen MR) is 59.9 cm³/mol. The van der Waals surface area contributed by atoms with Crippen molar-refractivity contribution in [3.8, 4) is 0 Å². The van der Waals surface area contributed by atoms with E-state index in [0.717, 1.165) is 32.6 Å². The van der Waals surface area contributed by atoms with Crippen molar-refractivity contribution >= 4 is 5.97 Å². The summed E-state index contributed by atoms with van der Waals surface area (Å²) in [5.41, 5.74) is 0. The average Bonchev–Trinajstić information content (AvgIpc) is 2.26. The molecular weight excluding hydrogens is 192 g/mol. The Labute approximate surface area is 91.6 Å². The van der Waals surface area contributed by atoms with Crippen molar-refractivity contribution in [2.75, 3.05) is 32.7 Å². The van der Waals surface area contributed by atoms with E-state index < -0.39 is 5.97 Å². The predicted octanol–water partition coefficient (Wildman–Crippen LogP) is 0.639. The van der Waals surface area contributed by atoms with Gasteiger partial charge in [0.15, 0.2) is 0 Å². The van der Waals surface area contributed by atoms with Crippen LogP contribution in [0.5, 0.6) is 0 Å². The Morgan fingerprint density at radius 2 is 2.07 bits per heavy atom. The van der Waals surface area contributed by atoms with Crippen molar-refractivity contribution in [1.82, 2.24) is 10.2 Å². The number of carboxylic acid groups (broad SMARTS) is 1. The minimum absolute atomic E-state index is 0.195. The summed E-state index contributed by atoms with van der Waals surface area (Å²) < 4.78 is 0. The van der Waals surface area contributed by atoms with E-state index in [-0.39, 0.29) is 5.92 Å². The van der Waals surface area contributed by atoms with Gasteiger partial charge >= 0.3 is 5.97 Å². The van der Waals surface area contributed by atoms with Crippen molar-refractivity contribution in [2.45, 2.75) is 20.3 Å². The van der Waals surface area contributed by atoms with Gasteiger partial charge in [0.1, 0.15) is 0 Å². The van der Waals surface area contributed by atoms with E-state index in [1.807, 2.05) is 0 Å². The van der Waals surface area contributed by atoms with Gasteiger partial charge in [0.05, 0.1) is 5.92 Å². The first-order valence-electron chi connectivity index (χ1n) is 5.83. The highest BCUT2D eigenvalue weighted by molar-refractivity contribution is 5.70. The first-order valence-corrected chi connectivity index (χ1v) is 5.83. The van der Waals surface area contributed by atoms with E-state index in [9.17, 15) is 4.79 Å². The molecule has 2 unspecified atom stereocenters. The Hall–Kier alpha value is -0.610. The number of hydrogen-bond acceptors (Lipinski definition) is 3. The van der Waals surface area contributed by atoms with Crippen molar-refractivity contribution < 1.29 is 9.90 Å². The van der Waals surface area contributed by atoms with Gasteiger partial charge < -0.3 is 15.3 Å². The molecule has 0 amide bonds. The number of carboxylic acids is 1. The first-order chi connectivity index (χ1) is 7.17. The molecule has 1 rings (SSSR count). The molecule has 0 spiro atoms. The zero-order valence-corrected chi connectivity index (χ0v) is 9.70. The maximum atomic E-state index is 10.9. The molecular formula is C11H22N2O2. The van der Waals surface area contributed by atoms with Crippen LogP contribution in [0.4, 0.5) is 0 Å². The van der Waals surface area contributed by atoms with Crippen molar-refractivity contribution in [1.29, 1.82) is 0 Å². The summed E-state index contributed by atoms with van der Waals surface area (Å²) in [7, 11) is 0. The quantitative estimate of drug-likeness (QED) is 0.705. The highest BCUT2D eigenvalue weighted by Crippen LogP contribution is 2.17. The van der Waals surface area contributed by atoms with Crippen LogP contribution >= 0.6 is 0 Å². The van der Waals surface area contributed by atoms with Gasteiger partial charge in [-0.15, -0.1) is 0 Å². The molecule has 2 atom stereocenters. The second kappa shape index (κ2) is 6.08. The second-order valence-electron chi connectivity index (χ2n) is 4.28. The summed E-state index contributed by atoms with van der Waals surface area (Å²) in [6, 6.07) is 0. The Morgan fingerprint density at radius 1 is 1.40 bits per heavy atom. The number of nitrogens with one attached hydrogen (secondary N) is 1. The lowest BCUT2D eigenvalue weighted by Crippen LogP contribution is -2.44. The standard InChI is InChI=1S/C11H22N2O2/c1-3-13(4-2)8-9-5-10(11(14)15)7-12-6-9/h9-10,12H,3-8H2,1-2H3,(H,14,15). The number of nitrogens with zero attached hydrogens (tertiary/aromatic N) is 1. The fourth-order valence-corrected chi connectivity index (χ4v) is 2.20. The summed E-state index contributed by atoms with van der Waals surface area (Å²) in [4.78, 5) is 13.2. The number of carbonyl (C=O) groups is 1. The van der Waals surface area contributed by atoms with E-state index in [1.54, 1.807) is 0 Å². The highest BCUT2D eigenvalue weighted by Gasteiger charge is 2.27. The van der Waals surface area contributed by atoms with Crippen molar-refractivity contribution in [3.63, 3.8) is 0 Å². The van der Waals surface area contributed by atoms with Gasteiger partial charge in [-0.25, -0.2) is 0 Å². The topological polar surface area (TPSA) is 52.6 Å². The smallest absolute Gasteiger partial charge is 0.307 e. The normalized spacial score (nSPS) is 26.9. The summed E-state index contributed by atoms with van der Waals surface area (Å²) in [5, 5.41) is 12.2. The fraction of sp³-hybridized carbons (Fsp3) is 0.909. The van der Waals surface area contributed by atoms with Crippen LogP contribution in [-0.4, -0.2) is 48.7 Å². The molecule has 0 radical (unpaired) electrons. The monoisotopic (exact) mass is 214 g/mol. The van der Waals surface area contributed by atoms with Gasteiger partial charge in [0.2, 0.25) is 0 Å². The lowest BCUT2D eigenvalue weighted by molar-refractivity contribution is -0.142. The molecule has 0 bridgehead atoms. The third-order valence-electron chi connectivity index (χ3n) is 3.20. The van der Waals surface area contributed by atoms with Gasteiger partial charge in [-0.3, -0.25) is 4.79 Å². The third-order valence-corrected chi connectivity index (χ3v) is 3.20. The Balaban J connectivity index is 2.38. The van der Waals surface area contributed by atoms with E-state index >= 15 is 0 Å². The molecule has 0 aliphatic carbocycles. The molecule has 15 heavy (non-hydrogen) atoms. The molecule has 1 saturated heterocycles. The number of aliphatic carboxylic acids is 1. The zero-order valence-electron chi connectivity index (χ0n) is 9.70. The van der Waals surface area contributed by atoms with Gasteiger partial charge in [-0.1, -0.05) is 13.8 Å². The molecule has 0 aromatic carbocycles. The molecule has 0 saturated carbocycles. The maximum absolute atomic E-state index is 10.9. The molecule has 4 nitrogen and oxygen atoms in total. The molecule has 1 heterocycles. The minimum atomic E-state index is -0.660. The molecule has 1 aliphatic heterocycles. The molecule has 4 heteroatoms. The molecule has 88 valence electrons. The van der Waals surface area contributed by atoms with Gasteiger partial charge in [0, 0.05) is 13.1 Å². The Bertz CT molecular complexity index is 205. The SMILES string of the molecule is CCN(CC)CC1CNCC(C(=O)O)C1. The van der Waals surface area contributed by atoms with E-state index in [0.29, 0.717) is 12.5 Å². The molecule has 2 N–H and O–H groups in total. The van der Waals surface area contributed by atoms with Gasteiger partial charge in [-0.05, 0) is 32.0 Å². The lowest BCUT2D eigenvalue weighted by Gasteiger charge is -2.31. The van der Waals surface area contributed by atoms with E-state index in [2.05, 4.69) is 24.1 Å². The second-order valence-corrected chi connectivity index (χ2v) is 4.28. The highest BCUT2D eigenvalue weighted by atomic mass is 16.4. The summed E-state index contributed by atoms with van der Waals surface area (Å²) in [6.45, 7) is 8.99. The van der Waals surface area contributed by atoms with Crippen molar-refractivity contribution in [2.24, 2.45) is 11.8 Å². The first kappa shape index (κ1) is 12.5. The van der Waals surface area contributed by atoms with Crippen LogP contribution in [0.25, 0.3) is 0 Å². The van der Waals surface area contributed by atoms with Crippen LogP contribution in [0.15, 0.2) is 0 Å². The minimum Gasteiger partial charge on any atom is -0.481 e. The maximum Gasteiger partial charge on any atom is 0.307 e. The third kappa shape index (κ3) is 3.80. The molecule has 0 aromatic heterocycles. The molecule has 1 fully saturated rings. The molecule has 1 aliphatic rings. The van der Waals surface area contributed by atoms with Gasteiger partial charge in [-0.2, -0.15) is 0 Å². The summed E-state index contributed by atoms with van der Waals surface area (Å²) in [6.07, 6.45) is 0.818. The number of piperidine rings is 1. The molecule has 0 aromatic rings. The van der Waals surface area contributed by atoms with Crippen LogP contribution < -0.4 is 5.32 Å². The largest absolute Gasteiger partial charge is 0.481 e. The van der Waals surface area contributed by atoms with Crippen LogP contribution in [0, 0.1) is 11.8 Å². The van der Waals surface area contributed by atoms with Crippen molar-refractivity contribution in [3.05, 3.63) is 0 Å². The van der Waals surface area contributed by atoms with E-state index in [1.165, 1.54) is 0 Å². The Morgan fingerprint density at radius 3 is 2.60 bits per heavy atom. The van der Waals surface area contributed by atoms with Crippen LogP contribution in [-0.2, 0) is 4.79 Å². The summed E-state index contributed by atoms with van der Waals surface area (Å²) >= 11 is 0. The zero-order chi connectivity index (χ0) is 11.3. The van der Waals surface area contributed by atoms with Gasteiger partial charge in [0.25, 0.3) is 0 Å². The van der Waals surface area contributed by atoms with Crippen LogP contribution in [0.3, 0.4) is 0 Å². The van der Waals surface area contributed by atoms with Crippen LogP contribution in [0.1, 0.15) is 20.3 Å². The van der Waals surface area contributed by atoms with E-state index in [4.69, 9.17) is 5.11 Å². The summed E-state index contributed by atoms with van der Waals surface area (Å²) in [5.74, 6) is -0.370. The Kier molecular flexibility index (Phi) is 5.05. The average molecular weight is 214 g/mol.